The molecular weight excluding hydrogens is 451 g/mol. The molecule has 2 aromatic carbocycles. The molecule has 0 aromatic heterocycles. The molecule has 146 valence electrons. The zero-order valence-corrected chi connectivity index (χ0v) is 18.3. The van der Waals surface area contributed by atoms with Crippen LogP contribution in [0.5, 0.6) is 0 Å². The van der Waals surface area contributed by atoms with Gasteiger partial charge in [0.15, 0.2) is 5.96 Å². The number of guanidine groups is 1. The van der Waals surface area contributed by atoms with Crippen LogP contribution in [0.15, 0.2) is 47.5 Å². The van der Waals surface area contributed by atoms with Gasteiger partial charge >= 0.3 is 0 Å². The topological polar surface area (TPSA) is 40.1 Å². The van der Waals surface area contributed by atoms with Crippen molar-refractivity contribution in [3.05, 3.63) is 48.0 Å². The quantitative estimate of drug-likeness (QED) is 0.417. The van der Waals surface area contributed by atoms with Crippen LogP contribution in [-0.4, -0.2) is 68.2 Å². The molecular formula is C21H29IN4O. The van der Waals surface area contributed by atoms with Crippen LogP contribution in [0.4, 0.5) is 0 Å². The summed E-state index contributed by atoms with van der Waals surface area (Å²) in [4.78, 5) is 9.50. The molecule has 4 rings (SSSR count). The molecule has 5 nitrogen and oxygen atoms in total. The monoisotopic (exact) mass is 480 g/mol. The lowest BCUT2D eigenvalue weighted by Crippen LogP contribution is -2.46. The summed E-state index contributed by atoms with van der Waals surface area (Å²) < 4.78 is 5.49. The number of fused-ring (bicyclic) bond motifs is 1. The van der Waals surface area contributed by atoms with Crippen molar-refractivity contribution in [3.63, 3.8) is 0 Å². The van der Waals surface area contributed by atoms with Crippen molar-refractivity contribution in [1.29, 1.82) is 0 Å². The number of likely N-dealkylation sites (tertiary alicyclic amines) is 1. The number of morpholine rings is 1. The molecule has 2 fully saturated rings. The Kier molecular flexibility index (Phi) is 7.32. The van der Waals surface area contributed by atoms with E-state index in [1.54, 1.807) is 0 Å². The molecule has 0 spiro atoms. The lowest BCUT2D eigenvalue weighted by Gasteiger charge is -2.32. The first-order valence-corrected chi connectivity index (χ1v) is 9.59. The third-order valence-corrected chi connectivity index (χ3v) is 5.55. The summed E-state index contributed by atoms with van der Waals surface area (Å²) >= 11 is 0. The van der Waals surface area contributed by atoms with Crippen LogP contribution >= 0.6 is 24.0 Å². The summed E-state index contributed by atoms with van der Waals surface area (Å²) in [6.45, 7) is 6.76. The smallest absolute Gasteiger partial charge is 0.193 e. The van der Waals surface area contributed by atoms with Gasteiger partial charge in [0.05, 0.1) is 13.2 Å². The molecule has 1 atom stereocenters. The highest BCUT2D eigenvalue weighted by atomic mass is 127. The van der Waals surface area contributed by atoms with Gasteiger partial charge in [0.1, 0.15) is 0 Å². The summed E-state index contributed by atoms with van der Waals surface area (Å²) in [5, 5.41) is 6.17. The van der Waals surface area contributed by atoms with Crippen LogP contribution in [0, 0.1) is 0 Å². The van der Waals surface area contributed by atoms with Crippen molar-refractivity contribution in [3.8, 4) is 0 Å². The Morgan fingerprint density at radius 2 is 1.89 bits per heavy atom. The Hall–Kier alpha value is -1.38. The largest absolute Gasteiger partial charge is 0.379 e. The number of hydrogen-bond donors (Lipinski definition) is 1. The first-order chi connectivity index (χ1) is 12.8. The van der Waals surface area contributed by atoms with E-state index in [0.717, 1.165) is 51.9 Å². The lowest BCUT2D eigenvalue weighted by molar-refractivity contribution is 0.0195. The minimum absolute atomic E-state index is 0. The fourth-order valence-electron chi connectivity index (χ4n) is 4.13. The Bertz CT molecular complexity index is 770. The number of nitrogens with zero attached hydrogens (tertiary/aromatic N) is 3. The first-order valence-electron chi connectivity index (χ1n) is 9.59. The number of benzene rings is 2. The fraction of sp³-hybridized carbons (Fsp3) is 0.476. The van der Waals surface area contributed by atoms with E-state index in [1.165, 1.54) is 22.8 Å². The van der Waals surface area contributed by atoms with Gasteiger partial charge in [0.25, 0.3) is 0 Å². The summed E-state index contributed by atoms with van der Waals surface area (Å²) in [5.41, 5.74) is 1.31. The third kappa shape index (κ3) is 4.73. The number of halogens is 1. The number of aliphatic imine (C=N–C) groups is 1. The molecule has 2 saturated heterocycles. The average molecular weight is 480 g/mol. The standard InChI is InChI=1S/C21H28N4O.HI/c1-22-21(25-10-9-19(16-25)24-11-13-26-14-12-24)23-15-18-7-4-6-17-5-2-3-8-20(17)18;/h2-8,19H,9-16H2,1H3,(H,22,23);1H. The fourth-order valence-corrected chi connectivity index (χ4v) is 4.13. The maximum atomic E-state index is 5.49. The minimum Gasteiger partial charge on any atom is -0.379 e. The van der Waals surface area contributed by atoms with E-state index in [2.05, 4.69) is 62.6 Å². The van der Waals surface area contributed by atoms with Crippen LogP contribution in [0.3, 0.4) is 0 Å². The molecule has 2 aliphatic heterocycles. The van der Waals surface area contributed by atoms with Gasteiger partial charge in [-0.05, 0) is 22.8 Å². The Morgan fingerprint density at radius 3 is 2.70 bits per heavy atom. The summed E-state index contributed by atoms with van der Waals surface area (Å²) in [6.07, 6.45) is 1.20. The molecule has 0 radical (unpaired) electrons. The van der Waals surface area contributed by atoms with Gasteiger partial charge in [-0.15, -0.1) is 24.0 Å². The summed E-state index contributed by atoms with van der Waals surface area (Å²) in [5.74, 6) is 1.01. The van der Waals surface area contributed by atoms with Gasteiger partial charge in [-0.25, -0.2) is 0 Å². The minimum atomic E-state index is 0. The van der Waals surface area contributed by atoms with E-state index >= 15 is 0 Å². The number of nitrogens with one attached hydrogen (secondary N) is 1. The van der Waals surface area contributed by atoms with Crippen LogP contribution < -0.4 is 5.32 Å². The SMILES string of the molecule is CN=C(NCc1cccc2ccccc12)N1CCC(N2CCOCC2)C1.I. The second-order valence-corrected chi connectivity index (χ2v) is 7.08. The van der Waals surface area contributed by atoms with Gasteiger partial charge in [0, 0.05) is 45.8 Å². The molecule has 1 unspecified atom stereocenters. The highest BCUT2D eigenvalue weighted by Gasteiger charge is 2.30. The predicted octanol–water partition coefficient (Wildman–Crippen LogP) is 2.94. The number of ether oxygens (including phenoxy) is 1. The Morgan fingerprint density at radius 1 is 1.11 bits per heavy atom. The maximum Gasteiger partial charge on any atom is 0.193 e. The van der Waals surface area contributed by atoms with Gasteiger partial charge in [-0.1, -0.05) is 42.5 Å². The highest BCUT2D eigenvalue weighted by Crippen LogP contribution is 2.19. The van der Waals surface area contributed by atoms with Crippen molar-refractivity contribution in [2.45, 2.75) is 19.0 Å². The molecule has 2 heterocycles. The molecule has 2 aromatic rings. The highest BCUT2D eigenvalue weighted by molar-refractivity contribution is 14.0. The van der Waals surface area contributed by atoms with Crippen LogP contribution in [-0.2, 0) is 11.3 Å². The molecule has 27 heavy (non-hydrogen) atoms. The zero-order chi connectivity index (χ0) is 17.8. The van der Waals surface area contributed by atoms with Crippen molar-refractivity contribution in [1.82, 2.24) is 15.1 Å². The molecule has 6 heteroatoms. The van der Waals surface area contributed by atoms with Gasteiger partial charge < -0.3 is 15.0 Å². The predicted molar refractivity (Wildman–Crippen MR) is 122 cm³/mol. The van der Waals surface area contributed by atoms with Crippen LogP contribution in [0.25, 0.3) is 10.8 Å². The van der Waals surface area contributed by atoms with Gasteiger partial charge in [-0.3, -0.25) is 9.89 Å². The molecule has 0 aliphatic carbocycles. The average Bonchev–Trinajstić information content (AvgIpc) is 3.19. The Labute approximate surface area is 178 Å². The number of rotatable bonds is 3. The maximum absolute atomic E-state index is 5.49. The Balaban J connectivity index is 0.00000210. The van der Waals surface area contributed by atoms with Crippen LogP contribution in [0.2, 0.25) is 0 Å². The summed E-state index contributed by atoms with van der Waals surface area (Å²) in [6, 6.07) is 15.7. The molecule has 0 saturated carbocycles. The van der Waals surface area contributed by atoms with E-state index < -0.39 is 0 Å². The van der Waals surface area contributed by atoms with Crippen molar-refractivity contribution >= 4 is 40.7 Å². The van der Waals surface area contributed by atoms with E-state index in [9.17, 15) is 0 Å². The van der Waals surface area contributed by atoms with E-state index in [0.29, 0.717) is 6.04 Å². The van der Waals surface area contributed by atoms with Gasteiger partial charge in [0.2, 0.25) is 0 Å². The third-order valence-electron chi connectivity index (χ3n) is 5.55. The number of hydrogen-bond acceptors (Lipinski definition) is 3. The summed E-state index contributed by atoms with van der Waals surface area (Å²) in [7, 11) is 1.88. The normalized spacial score (nSPS) is 21.3. The van der Waals surface area contributed by atoms with E-state index in [4.69, 9.17) is 4.74 Å². The van der Waals surface area contributed by atoms with Crippen molar-refractivity contribution in [2.24, 2.45) is 4.99 Å². The molecule has 1 N–H and O–H groups in total. The second kappa shape index (κ2) is 9.71. The van der Waals surface area contributed by atoms with Crippen LogP contribution in [0.1, 0.15) is 12.0 Å². The molecule has 0 bridgehead atoms. The van der Waals surface area contributed by atoms with Crippen molar-refractivity contribution in [2.75, 3.05) is 46.4 Å². The van der Waals surface area contributed by atoms with E-state index in [1.807, 2.05) is 7.05 Å². The lowest BCUT2D eigenvalue weighted by atomic mass is 10.0. The van der Waals surface area contributed by atoms with Gasteiger partial charge in [-0.2, -0.15) is 0 Å². The van der Waals surface area contributed by atoms with E-state index in [-0.39, 0.29) is 24.0 Å². The molecule has 0 amide bonds. The zero-order valence-electron chi connectivity index (χ0n) is 15.9. The first kappa shape index (κ1) is 20.4. The molecule has 2 aliphatic rings. The second-order valence-electron chi connectivity index (χ2n) is 7.08. The van der Waals surface area contributed by atoms with Crippen molar-refractivity contribution < 1.29 is 4.74 Å².